The first-order valence-electron chi connectivity index (χ1n) is 10.7. The maximum absolute atomic E-state index is 10.7. The fourth-order valence-corrected chi connectivity index (χ4v) is 3.16. The van der Waals surface area contributed by atoms with Crippen LogP contribution in [0.3, 0.4) is 0 Å². The van der Waals surface area contributed by atoms with Gasteiger partial charge in [0.2, 0.25) is 0 Å². The quantitative estimate of drug-likeness (QED) is 0.196. The third-order valence-corrected chi connectivity index (χ3v) is 4.77. The molecule has 0 aromatic heterocycles. The molecule has 2 N–H and O–H groups in total. The summed E-state index contributed by atoms with van der Waals surface area (Å²) in [6.45, 7) is 2.15. The van der Waals surface area contributed by atoms with Crippen LogP contribution in [0.4, 0.5) is 0 Å². The molecule has 0 radical (unpaired) electrons. The summed E-state index contributed by atoms with van der Waals surface area (Å²) in [4.78, 5) is 21.1. The number of carboxylic acids is 2. The van der Waals surface area contributed by atoms with E-state index in [1.54, 1.807) is 0 Å². The SMILES string of the molecule is CCCC=C(CCCCCCCCCCCCCC(=O)O)CCC(=O)O. The van der Waals surface area contributed by atoms with Crippen LogP contribution in [-0.2, 0) is 9.59 Å². The van der Waals surface area contributed by atoms with Crippen molar-refractivity contribution in [2.75, 3.05) is 0 Å². The van der Waals surface area contributed by atoms with E-state index in [4.69, 9.17) is 10.2 Å². The largest absolute Gasteiger partial charge is 0.481 e. The van der Waals surface area contributed by atoms with E-state index in [1.807, 2.05) is 0 Å². The molecule has 0 aromatic carbocycles. The molecule has 0 unspecified atom stereocenters. The molecule has 0 amide bonds. The highest BCUT2D eigenvalue weighted by molar-refractivity contribution is 5.67. The zero-order chi connectivity index (χ0) is 19.5. The number of carboxylic acid groups (broad SMARTS) is 2. The van der Waals surface area contributed by atoms with E-state index in [0.29, 0.717) is 12.8 Å². The lowest BCUT2D eigenvalue weighted by atomic mass is 10.00. The van der Waals surface area contributed by atoms with Crippen LogP contribution in [0.2, 0.25) is 0 Å². The molecule has 4 heteroatoms. The van der Waals surface area contributed by atoms with E-state index >= 15 is 0 Å². The molecule has 0 aromatic rings. The van der Waals surface area contributed by atoms with Gasteiger partial charge < -0.3 is 10.2 Å². The molecular weight excluding hydrogens is 328 g/mol. The van der Waals surface area contributed by atoms with E-state index in [2.05, 4.69) is 13.0 Å². The van der Waals surface area contributed by atoms with Crippen LogP contribution < -0.4 is 0 Å². The third kappa shape index (κ3) is 19.0. The van der Waals surface area contributed by atoms with Gasteiger partial charge in [0, 0.05) is 12.8 Å². The molecule has 0 bridgehead atoms. The van der Waals surface area contributed by atoms with Crippen molar-refractivity contribution in [3.8, 4) is 0 Å². The zero-order valence-electron chi connectivity index (χ0n) is 16.8. The fourth-order valence-electron chi connectivity index (χ4n) is 3.16. The van der Waals surface area contributed by atoms with E-state index in [0.717, 1.165) is 38.5 Å². The van der Waals surface area contributed by atoms with Crippen LogP contribution in [0.5, 0.6) is 0 Å². The Kier molecular flexibility index (Phi) is 17.5. The number of carbonyl (C=O) groups is 2. The van der Waals surface area contributed by atoms with E-state index in [-0.39, 0.29) is 6.42 Å². The highest BCUT2D eigenvalue weighted by atomic mass is 16.4. The lowest BCUT2D eigenvalue weighted by Crippen LogP contribution is -1.96. The first-order chi connectivity index (χ1) is 12.6. The molecule has 26 heavy (non-hydrogen) atoms. The molecule has 0 spiro atoms. The van der Waals surface area contributed by atoms with Gasteiger partial charge in [-0.3, -0.25) is 9.59 Å². The van der Waals surface area contributed by atoms with Gasteiger partial charge in [0.15, 0.2) is 0 Å². The number of unbranched alkanes of at least 4 members (excludes halogenated alkanes) is 11. The first-order valence-corrected chi connectivity index (χ1v) is 10.7. The zero-order valence-corrected chi connectivity index (χ0v) is 16.8. The third-order valence-electron chi connectivity index (χ3n) is 4.77. The molecule has 0 atom stereocenters. The lowest BCUT2D eigenvalue weighted by Gasteiger charge is -2.07. The summed E-state index contributed by atoms with van der Waals surface area (Å²) in [5.41, 5.74) is 1.33. The smallest absolute Gasteiger partial charge is 0.303 e. The van der Waals surface area contributed by atoms with Crippen LogP contribution in [0, 0.1) is 0 Å². The van der Waals surface area contributed by atoms with Crippen molar-refractivity contribution in [3.05, 3.63) is 11.6 Å². The van der Waals surface area contributed by atoms with Gasteiger partial charge >= 0.3 is 11.9 Å². The topological polar surface area (TPSA) is 74.6 Å². The number of aliphatic carboxylic acids is 2. The number of allylic oxidation sites excluding steroid dienone is 2. The fraction of sp³-hybridized carbons (Fsp3) is 0.818. The van der Waals surface area contributed by atoms with Crippen LogP contribution in [0.15, 0.2) is 11.6 Å². The Morgan fingerprint density at radius 3 is 1.46 bits per heavy atom. The molecule has 0 saturated carbocycles. The predicted octanol–water partition coefficient (Wildman–Crippen LogP) is 6.73. The highest BCUT2D eigenvalue weighted by Gasteiger charge is 2.02. The second-order valence-corrected chi connectivity index (χ2v) is 7.33. The Morgan fingerprint density at radius 2 is 1.04 bits per heavy atom. The number of rotatable bonds is 19. The summed E-state index contributed by atoms with van der Waals surface area (Å²) in [6.07, 6.45) is 19.9. The molecule has 0 aliphatic heterocycles. The van der Waals surface area contributed by atoms with Gasteiger partial charge in [-0.25, -0.2) is 0 Å². The molecule has 0 aliphatic rings. The molecule has 0 fully saturated rings. The Balaban J connectivity index is 3.47. The summed E-state index contributed by atoms with van der Waals surface area (Å²) in [5, 5.41) is 17.4. The van der Waals surface area contributed by atoms with Gasteiger partial charge in [-0.05, 0) is 32.1 Å². The maximum Gasteiger partial charge on any atom is 0.303 e. The van der Waals surface area contributed by atoms with E-state index in [9.17, 15) is 9.59 Å². The molecule has 4 nitrogen and oxygen atoms in total. The summed E-state index contributed by atoms with van der Waals surface area (Å²) in [7, 11) is 0. The lowest BCUT2D eigenvalue weighted by molar-refractivity contribution is -0.138. The summed E-state index contributed by atoms with van der Waals surface area (Å²) >= 11 is 0. The van der Waals surface area contributed by atoms with Crippen LogP contribution in [-0.4, -0.2) is 22.2 Å². The van der Waals surface area contributed by atoms with Crippen LogP contribution >= 0.6 is 0 Å². The highest BCUT2D eigenvalue weighted by Crippen LogP contribution is 2.18. The second kappa shape index (κ2) is 18.5. The van der Waals surface area contributed by atoms with Gasteiger partial charge in [-0.2, -0.15) is 0 Å². The Morgan fingerprint density at radius 1 is 0.615 bits per heavy atom. The van der Waals surface area contributed by atoms with Crippen molar-refractivity contribution in [1.29, 1.82) is 0 Å². The minimum absolute atomic E-state index is 0.256. The van der Waals surface area contributed by atoms with Gasteiger partial charge in [-0.15, -0.1) is 0 Å². The minimum Gasteiger partial charge on any atom is -0.481 e. The van der Waals surface area contributed by atoms with Gasteiger partial charge in [0.05, 0.1) is 0 Å². The van der Waals surface area contributed by atoms with Crippen molar-refractivity contribution in [2.24, 2.45) is 0 Å². The average Bonchev–Trinajstić information content (AvgIpc) is 2.60. The van der Waals surface area contributed by atoms with Crippen molar-refractivity contribution < 1.29 is 19.8 Å². The summed E-state index contributed by atoms with van der Waals surface area (Å²) < 4.78 is 0. The number of hydrogen-bond acceptors (Lipinski definition) is 2. The average molecular weight is 369 g/mol. The Hall–Kier alpha value is -1.32. The van der Waals surface area contributed by atoms with Crippen LogP contribution in [0.25, 0.3) is 0 Å². The van der Waals surface area contributed by atoms with Crippen molar-refractivity contribution >= 4 is 11.9 Å². The molecule has 0 saturated heterocycles. The normalized spacial score (nSPS) is 11.7. The van der Waals surface area contributed by atoms with Gasteiger partial charge in [-0.1, -0.05) is 82.8 Å². The maximum atomic E-state index is 10.7. The summed E-state index contributed by atoms with van der Waals surface area (Å²) in [6, 6.07) is 0. The molecule has 0 rings (SSSR count). The van der Waals surface area contributed by atoms with Crippen LogP contribution in [0.1, 0.15) is 116 Å². The van der Waals surface area contributed by atoms with E-state index < -0.39 is 11.9 Å². The molecule has 0 heterocycles. The Labute approximate surface area is 160 Å². The monoisotopic (exact) mass is 368 g/mol. The molecular formula is C22H40O4. The first kappa shape index (κ1) is 24.7. The number of hydrogen-bond donors (Lipinski definition) is 2. The van der Waals surface area contributed by atoms with Crippen molar-refractivity contribution in [1.82, 2.24) is 0 Å². The van der Waals surface area contributed by atoms with Gasteiger partial charge in [0.1, 0.15) is 0 Å². The summed E-state index contributed by atoms with van der Waals surface area (Å²) in [5.74, 6) is -1.38. The van der Waals surface area contributed by atoms with Crippen molar-refractivity contribution in [3.63, 3.8) is 0 Å². The molecule has 0 aliphatic carbocycles. The van der Waals surface area contributed by atoms with E-state index in [1.165, 1.54) is 56.9 Å². The standard InChI is InChI=1S/C22H40O4/c1-2-3-15-20(18-19-22(25)26)16-13-11-9-7-5-4-6-8-10-12-14-17-21(23)24/h15H,2-14,16-19H2,1H3,(H,23,24)(H,25,26). The van der Waals surface area contributed by atoms with Crippen molar-refractivity contribution in [2.45, 2.75) is 116 Å². The Bertz CT molecular complexity index is 388. The molecule has 152 valence electrons. The van der Waals surface area contributed by atoms with Gasteiger partial charge in [0.25, 0.3) is 0 Å². The second-order valence-electron chi connectivity index (χ2n) is 7.33. The minimum atomic E-state index is -0.700. The predicted molar refractivity (Wildman–Crippen MR) is 108 cm³/mol.